The summed E-state index contributed by atoms with van der Waals surface area (Å²) in [5, 5.41) is 19.7. The van der Waals surface area contributed by atoms with E-state index in [4.69, 9.17) is 29.8 Å². The second-order valence-electron chi connectivity index (χ2n) is 18.6. The third kappa shape index (κ3) is 5.26. The van der Waals surface area contributed by atoms with Gasteiger partial charge in [0, 0.05) is 55.5 Å². The highest BCUT2D eigenvalue weighted by atomic mass is 19.1. The van der Waals surface area contributed by atoms with Crippen LogP contribution in [0.1, 0.15) is 44.3 Å². The van der Waals surface area contributed by atoms with Gasteiger partial charge >= 0.3 is 0 Å². The second-order valence-corrected chi connectivity index (χ2v) is 18.6. The van der Waals surface area contributed by atoms with E-state index in [1.165, 1.54) is 35.2 Å². The molecule has 4 aliphatic carbocycles. The molecule has 4 bridgehead atoms. The Morgan fingerprint density at radius 3 is 2.62 bits per heavy atom. The lowest BCUT2D eigenvalue weighted by atomic mass is 10.0. The molecule has 2 saturated heterocycles. The predicted octanol–water partition coefficient (Wildman–Crippen LogP) is 4.46. The summed E-state index contributed by atoms with van der Waals surface area (Å²) >= 11 is 0. The lowest BCUT2D eigenvalue weighted by Crippen LogP contribution is -2.64. The van der Waals surface area contributed by atoms with Gasteiger partial charge in [-0.3, -0.25) is 9.59 Å². The molecule has 19 heteroatoms. The van der Waals surface area contributed by atoms with Crippen molar-refractivity contribution in [2.24, 2.45) is 5.92 Å². The number of benzene rings is 2. The molecule has 7 heterocycles. The van der Waals surface area contributed by atoms with Crippen LogP contribution in [0, 0.1) is 24.5 Å². The van der Waals surface area contributed by atoms with Crippen LogP contribution < -0.4 is 15.1 Å². The number of aryl methyl sites for hydroxylation is 1. The zero-order valence-corrected chi connectivity index (χ0v) is 35.0. The van der Waals surface area contributed by atoms with Gasteiger partial charge in [-0.05, 0) is 69.7 Å². The molecule has 326 valence electrons. The minimum Gasteiger partial charge on any atom is -0.506 e. The van der Waals surface area contributed by atoms with E-state index < -0.39 is 29.3 Å². The van der Waals surface area contributed by atoms with E-state index in [-0.39, 0.29) is 66.5 Å². The molecule has 4 saturated carbocycles. The summed E-state index contributed by atoms with van der Waals surface area (Å²) in [5.41, 5.74) is 1.67. The van der Waals surface area contributed by atoms with Crippen molar-refractivity contribution < 1.29 is 28.2 Å². The maximum absolute atomic E-state index is 15.3. The molecule has 7 aliphatic rings. The van der Waals surface area contributed by atoms with Crippen LogP contribution in [0.4, 0.5) is 26.5 Å². The van der Waals surface area contributed by atoms with E-state index >= 15 is 9.18 Å². The molecule has 2 N–H and O–H groups in total. The standard InChI is InChI=1S/C45H43F2N13O4/c1-4-64-27-20-55(3)40(62)34-16-25(51-42-48-12-9-31(52-42)28-13-24(47)14-32-36(28)56(21-27)22(2)50-32)19-57(34)38-29-18-49-59(33-8-5-23(46)15-35(33)61)39(29)54-43(53-38)60-44(10-11-44)41(63)58(26-6-7-26)37-30-17-45(30,37)60/h4-5,8-9,12-15,18,25-27,30,34,37,61H,1,6-7,10-11,16-17,19-21H2,2-3H3,(H,48,51,52)/t25-,27-,30?,34-,37?,45?/m0/s1. The molecule has 2 spiro atoms. The highest BCUT2D eigenvalue weighted by Crippen LogP contribution is 2.79. The fourth-order valence-electron chi connectivity index (χ4n) is 11.3. The highest BCUT2D eigenvalue weighted by Gasteiger charge is 2.91. The normalized spacial score (nSPS) is 27.6. The van der Waals surface area contributed by atoms with Gasteiger partial charge in [0.1, 0.15) is 52.4 Å². The first kappa shape index (κ1) is 37.6. The maximum Gasteiger partial charge on any atom is 0.249 e. The number of phenols is 1. The van der Waals surface area contributed by atoms with Gasteiger partial charge in [-0.15, -0.1) is 0 Å². The van der Waals surface area contributed by atoms with Gasteiger partial charge in [0.25, 0.3) is 0 Å². The average molecular weight is 868 g/mol. The fourth-order valence-corrected chi connectivity index (χ4v) is 11.3. The third-order valence-electron chi connectivity index (χ3n) is 14.7. The molecule has 2 amide bonds. The molecule has 0 radical (unpaired) electrons. The summed E-state index contributed by atoms with van der Waals surface area (Å²) in [6.45, 7) is 6.38. The Bertz CT molecular complexity index is 3040. The smallest absolute Gasteiger partial charge is 0.249 e. The highest BCUT2D eigenvalue weighted by molar-refractivity contribution is 6.00. The molecule has 17 nitrogen and oxygen atoms in total. The van der Waals surface area contributed by atoms with Gasteiger partial charge < -0.3 is 39.3 Å². The number of carbonyl (C=O) groups excluding carboxylic acids is 2. The van der Waals surface area contributed by atoms with Crippen LogP contribution in [0.25, 0.3) is 39.0 Å². The summed E-state index contributed by atoms with van der Waals surface area (Å²) in [6.07, 6.45) is 8.66. The summed E-state index contributed by atoms with van der Waals surface area (Å²) in [5.74, 6) is 0.580. The van der Waals surface area contributed by atoms with Crippen molar-refractivity contribution in [3.05, 3.63) is 79.1 Å². The number of amides is 2. The van der Waals surface area contributed by atoms with Gasteiger partial charge in [0.05, 0.1) is 59.2 Å². The molecule has 13 rings (SSSR count). The van der Waals surface area contributed by atoms with Crippen LogP contribution in [-0.4, -0.2) is 127 Å². The quantitative estimate of drug-likeness (QED) is 0.225. The van der Waals surface area contributed by atoms with Crippen molar-refractivity contribution in [2.75, 3.05) is 35.3 Å². The number of imidazole rings is 1. The SMILES string of the molecule is C=CO[C@H]1CN(C)C(=O)[C@@H]2C[C@@H](CN2c2nc(N3C4(CC4)C(=O)N(C4CC4)C4C5CC543)nc3c2cnn3-c2ccc(F)cc2O)Nc2nccc(n2)-c2cc(F)cc3nc(C)n(c23)C1. The van der Waals surface area contributed by atoms with E-state index in [0.29, 0.717) is 82.0 Å². The zero-order chi connectivity index (χ0) is 43.6. The first-order valence-electron chi connectivity index (χ1n) is 21.9. The van der Waals surface area contributed by atoms with Crippen LogP contribution in [0.3, 0.4) is 0 Å². The maximum atomic E-state index is 15.3. The van der Waals surface area contributed by atoms with Crippen molar-refractivity contribution in [1.82, 2.24) is 49.1 Å². The van der Waals surface area contributed by atoms with E-state index in [2.05, 4.69) is 26.7 Å². The Hall–Kier alpha value is -6.92. The first-order chi connectivity index (χ1) is 31.0. The number of ether oxygens (including phenoxy) is 1. The number of likely N-dealkylation sites (N-methyl/N-ethyl adjacent to an activating group) is 1. The number of halogens is 2. The monoisotopic (exact) mass is 867 g/mol. The van der Waals surface area contributed by atoms with Crippen molar-refractivity contribution >= 4 is 51.6 Å². The number of hydrogen-bond acceptors (Lipinski definition) is 13. The Labute approximate surface area is 364 Å². The largest absolute Gasteiger partial charge is 0.506 e. The number of piperazine rings is 1. The molecule has 3 aliphatic heterocycles. The Balaban J connectivity index is 0.961. The first-order valence-corrected chi connectivity index (χ1v) is 21.9. The van der Waals surface area contributed by atoms with Crippen molar-refractivity contribution in [1.29, 1.82) is 0 Å². The third-order valence-corrected chi connectivity index (χ3v) is 14.7. The van der Waals surface area contributed by atoms with Crippen LogP contribution in [-0.2, 0) is 20.9 Å². The van der Waals surface area contributed by atoms with Gasteiger partial charge in [0.15, 0.2) is 5.65 Å². The summed E-state index contributed by atoms with van der Waals surface area (Å²) in [6, 6.07) is 7.52. The summed E-state index contributed by atoms with van der Waals surface area (Å²) < 4.78 is 39.1. The molecular weight excluding hydrogens is 825 g/mol. The molecule has 6 aromatic rings. The number of aromatic nitrogens is 8. The van der Waals surface area contributed by atoms with Gasteiger partial charge in [-0.2, -0.15) is 15.1 Å². The summed E-state index contributed by atoms with van der Waals surface area (Å²) in [7, 11) is 1.74. The number of nitrogens with zero attached hydrogens (tertiary/aromatic N) is 12. The van der Waals surface area contributed by atoms with Crippen LogP contribution in [0.5, 0.6) is 5.75 Å². The van der Waals surface area contributed by atoms with Crippen molar-refractivity contribution in [3.8, 4) is 22.7 Å². The predicted molar refractivity (Wildman–Crippen MR) is 229 cm³/mol. The molecule has 4 aromatic heterocycles. The zero-order valence-electron chi connectivity index (χ0n) is 35.0. The lowest BCUT2D eigenvalue weighted by Gasteiger charge is -2.45. The Morgan fingerprint density at radius 2 is 1.86 bits per heavy atom. The van der Waals surface area contributed by atoms with E-state index in [1.54, 1.807) is 30.4 Å². The van der Waals surface area contributed by atoms with E-state index in [1.807, 2.05) is 16.4 Å². The van der Waals surface area contributed by atoms with Crippen LogP contribution >= 0.6 is 0 Å². The molecule has 2 aromatic carbocycles. The van der Waals surface area contributed by atoms with Crippen molar-refractivity contribution in [2.45, 2.75) is 93.3 Å². The Morgan fingerprint density at radius 1 is 1.02 bits per heavy atom. The Kier molecular flexibility index (Phi) is 7.55. The van der Waals surface area contributed by atoms with E-state index in [9.17, 15) is 14.3 Å². The molecule has 6 fully saturated rings. The minimum atomic E-state index is -0.773. The molecule has 6 atom stereocenters. The van der Waals surface area contributed by atoms with Gasteiger partial charge in [-0.1, -0.05) is 6.58 Å². The number of aromatic hydroxyl groups is 1. The number of rotatable bonds is 6. The minimum absolute atomic E-state index is 0.106. The van der Waals surface area contributed by atoms with Crippen LogP contribution in [0.15, 0.2) is 61.6 Å². The van der Waals surface area contributed by atoms with Gasteiger partial charge in [0.2, 0.25) is 23.7 Å². The van der Waals surface area contributed by atoms with E-state index in [0.717, 1.165) is 25.3 Å². The molecule has 3 unspecified atom stereocenters. The molecule has 64 heavy (non-hydrogen) atoms. The average Bonchev–Trinajstić information content (AvgIpc) is 4.21. The van der Waals surface area contributed by atoms with Crippen LogP contribution in [0.2, 0.25) is 0 Å². The number of phenolic OH excluding ortho intramolecular Hbond substituents is 1. The number of nitrogens with one attached hydrogen (secondary N) is 1. The lowest BCUT2D eigenvalue weighted by molar-refractivity contribution is -0.138. The van der Waals surface area contributed by atoms with Crippen molar-refractivity contribution in [3.63, 3.8) is 0 Å². The number of hydrogen-bond donors (Lipinski definition) is 2. The topological polar surface area (TPSA) is 176 Å². The number of anilines is 3. The van der Waals surface area contributed by atoms with Gasteiger partial charge in [-0.25, -0.2) is 28.4 Å². The number of carbonyl (C=O) groups is 2. The number of fused-ring (bicyclic) bond motifs is 7. The molecular formula is C45H43F2N13O4. The second kappa shape index (κ2) is 12.8. The summed E-state index contributed by atoms with van der Waals surface area (Å²) in [4.78, 5) is 62.3. The fraction of sp³-hybridized carbons (Fsp3) is 0.422.